The second kappa shape index (κ2) is 8.61. The summed E-state index contributed by atoms with van der Waals surface area (Å²) in [7, 11) is 2.08. The van der Waals surface area contributed by atoms with Crippen LogP contribution in [0.25, 0.3) is 0 Å². The van der Waals surface area contributed by atoms with Gasteiger partial charge in [0.25, 0.3) is 5.91 Å². The number of piperazine rings is 1. The summed E-state index contributed by atoms with van der Waals surface area (Å²) in [6.45, 7) is 6.14. The third-order valence-corrected chi connectivity index (χ3v) is 4.51. The lowest BCUT2D eigenvalue weighted by atomic mass is 10.2. The summed E-state index contributed by atoms with van der Waals surface area (Å²) in [5.74, 6) is 0.343. The second-order valence-electron chi connectivity index (χ2n) is 5.54. The molecule has 1 heterocycles. The van der Waals surface area contributed by atoms with E-state index in [4.69, 9.17) is 17.0 Å². The zero-order chi connectivity index (χ0) is 16.8. The van der Waals surface area contributed by atoms with Crippen LogP contribution in [0.3, 0.4) is 0 Å². The van der Waals surface area contributed by atoms with E-state index in [-0.39, 0.29) is 5.91 Å². The molecule has 1 aromatic rings. The van der Waals surface area contributed by atoms with Crippen molar-refractivity contribution >= 4 is 39.2 Å². The molecule has 0 unspecified atom stereocenters. The van der Waals surface area contributed by atoms with E-state index in [9.17, 15) is 4.79 Å². The molecule has 0 aromatic heterocycles. The Labute approximate surface area is 151 Å². The van der Waals surface area contributed by atoms with Gasteiger partial charge in [-0.1, -0.05) is 22.9 Å². The molecule has 1 aromatic carbocycles. The third-order valence-electron chi connectivity index (χ3n) is 3.66. The molecule has 7 heteroatoms. The molecule has 2 rings (SSSR count). The van der Waals surface area contributed by atoms with Crippen molar-refractivity contribution in [1.29, 1.82) is 0 Å². The van der Waals surface area contributed by atoms with Gasteiger partial charge in [-0.05, 0) is 43.9 Å². The summed E-state index contributed by atoms with van der Waals surface area (Å²) in [6.07, 6.45) is 0.886. The number of carbonyl (C=O) groups excluding carboxylic acids is 1. The average Bonchev–Trinajstić information content (AvgIpc) is 2.54. The summed E-state index contributed by atoms with van der Waals surface area (Å²) < 4.78 is 6.49. The van der Waals surface area contributed by atoms with Crippen molar-refractivity contribution in [2.45, 2.75) is 13.3 Å². The van der Waals surface area contributed by atoms with Gasteiger partial charge in [-0.25, -0.2) is 0 Å². The topological polar surface area (TPSA) is 44.8 Å². The zero-order valence-corrected chi connectivity index (χ0v) is 15.9. The monoisotopic (exact) mass is 399 g/mol. The van der Waals surface area contributed by atoms with Crippen molar-refractivity contribution in [3.05, 3.63) is 28.2 Å². The maximum absolute atomic E-state index is 12.6. The molecule has 1 N–H and O–H groups in total. The number of hydrogen-bond acceptors (Lipinski definition) is 4. The summed E-state index contributed by atoms with van der Waals surface area (Å²) in [4.78, 5) is 16.8. The number of halogens is 1. The van der Waals surface area contributed by atoms with Crippen LogP contribution >= 0.6 is 28.1 Å². The molecule has 0 aliphatic carbocycles. The third kappa shape index (κ3) is 5.16. The molecule has 1 aliphatic rings. The van der Waals surface area contributed by atoms with E-state index >= 15 is 0 Å². The Morgan fingerprint density at radius 3 is 2.70 bits per heavy atom. The lowest BCUT2D eigenvalue weighted by Crippen LogP contribution is -2.51. The van der Waals surface area contributed by atoms with Gasteiger partial charge in [0.05, 0.1) is 12.2 Å². The van der Waals surface area contributed by atoms with E-state index in [0.717, 1.165) is 37.1 Å². The normalized spacial score (nSPS) is 15.3. The van der Waals surface area contributed by atoms with Crippen LogP contribution in [0.15, 0.2) is 22.7 Å². The maximum atomic E-state index is 12.6. The Bertz CT molecular complexity index is 574. The Morgan fingerprint density at radius 2 is 2.04 bits per heavy atom. The molecule has 1 aliphatic heterocycles. The smallest absolute Gasteiger partial charge is 0.261 e. The average molecular weight is 400 g/mol. The minimum Gasteiger partial charge on any atom is -0.493 e. The minimum absolute atomic E-state index is 0.235. The first-order valence-electron chi connectivity index (χ1n) is 7.72. The van der Waals surface area contributed by atoms with Crippen molar-refractivity contribution in [2.24, 2.45) is 0 Å². The van der Waals surface area contributed by atoms with Crippen LogP contribution in [-0.2, 0) is 0 Å². The molecular weight excluding hydrogens is 378 g/mol. The van der Waals surface area contributed by atoms with Crippen LogP contribution in [0.5, 0.6) is 5.75 Å². The lowest BCUT2D eigenvalue weighted by molar-refractivity contribution is 0.0966. The first kappa shape index (κ1) is 18.2. The van der Waals surface area contributed by atoms with Crippen LogP contribution in [0.4, 0.5) is 0 Å². The summed E-state index contributed by atoms with van der Waals surface area (Å²) in [5.41, 5.74) is 0.490. The van der Waals surface area contributed by atoms with Gasteiger partial charge in [0, 0.05) is 30.7 Å². The highest BCUT2D eigenvalue weighted by Gasteiger charge is 2.20. The predicted octanol–water partition coefficient (Wildman–Crippen LogP) is 2.50. The van der Waals surface area contributed by atoms with Crippen molar-refractivity contribution in [3.63, 3.8) is 0 Å². The van der Waals surface area contributed by atoms with Crippen molar-refractivity contribution in [2.75, 3.05) is 39.8 Å². The molecule has 126 valence electrons. The standard InChI is InChI=1S/C16H22BrN3O2S/c1-3-10-22-14-5-4-12(17)11-13(14)15(21)18-16(23)20-8-6-19(2)7-9-20/h4-5,11H,3,6-10H2,1-2H3,(H,18,21,23). The number of hydrogen-bond donors (Lipinski definition) is 1. The van der Waals surface area contributed by atoms with Crippen molar-refractivity contribution < 1.29 is 9.53 Å². The number of rotatable bonds is 4. The van der Waals surface area contributed by atoms with Gasteiger partial charge >= 0.3 is 0 Å². The Morgan fingerprint density at radius 1 is 1.35 bits per heavy atom. The number of amides is 1. The number of ether oxygens (including phenoxy) is 1. The van der Waals surface area contributed by atoms with E-state index in [0.29, 0.717) is 23.0 Å². The number of likely N-dealkylation sites (N-methyl/N-ethyl adjacent to an activating group) is 1. The van der Waals surface area contributed by atoms with Crippen LogP contribution in [-0.4, -0.2) is 60.7 Å². The van der Waals surface area contributed by atoms with Gasteiger partial charge in [-0.15, -0.1) is 0 Å². The van der Waals surface area contributed by atoms with E-state index in [1.807, 2.05) is 17.9 Å². The largest absolute Gasteiger partial charge is 0.493 e. The van der Waals surface area contributed by atoms with Crippen LogP contribution in [0.2, 0.25) is 0 Å². The molecular formula is C16H22BrN3O2S. The predicted molar refractivity (Wildman–Crippen MR) is 99.1 cm³/mol. The van der Waals surface area contributed by atoms with Gasteiger partial charge in [-0.2, -0.15) is 0 Å². The number of benzene rings is 1. The Hall–Kier alpha value is -1.18. The molecule has 5 nitrogen and oxygen atoms in total. The van der Waals surface area contributed by atoms with Gasteiger partial charge in [0.2, 0.25) is 0 Å². The second-order valence-corrected chi connectivity index (χ2v) is 6.84. The van der Waals surface area contributed by atoms with E-state index in [1.54, 1.807) is 12.1 Å². The quantitative estimate of drug-likeness (QED) is 0.787. The highest BCUT2D eigenvalue weighted by atomic mass is 79.9. The van der Waals surface area contributed by atoms with Gasteiger partial charge in [0.15, 0.2) is 5.11 Å². The van der Waals surface area contributed by atoms with Gasteiger partial charge in [-0.3, -0.25) is 10.1 Å². The fourth-order valence-corrected chi connectivity index (χ4v) is 2.91. The van der Waals surface area contributed by atoms with E-state index < -0.39 is 0 Å². The van der Waals surface area contributed by atoms with Crippen LogP contribution < -0.4 is 10.1 Å². The van der Waals surface area contributed by atoms with E-state index in [2.05, 4.69) is 33.2 Å². The minimum atomic E-state index is -0.235. The lowest BCUT2D eigenvalue weighted by Gasteiger charge is -2.33. The fourth-order valence-electron chi connectivity index (χ4n) is 2.27. The van der Waals surface area contributed by atoms with Crippen molar-refractivity contribution in [1.82, 2.24) is 15.1 Å². The van der Waals surface area contributed by atoms with Crippen LogP contribution in [0.1, 0.15) is 23.7 Å². The number of nitrogens with one attached hydrogen (secondary N) is 1. The van der Waals surface area contributed by atoms with Gasteiger partial charge < -0.3 is 14.5 Å². The molecule has 1 fully saturated rings. The number of carbonyl (C=O) groups is 1. The number of thiocarbonyl (C=S) groups is 1. The molecule has 0 atom stereocenters. The van der Waals surface area contributed by atoms with Crippen molar-refractivity contribution in [3.8, 4) is 5.75 Å². The maximum Gasteiger partial charge on any atom is 0.261 e. The van der Waals surface area contributed by atoms with Gasteiger partial charge in [0.1, 0.15) is 5.75 Å². The fraction of sp³-hybridized carbons (Fsp3) is 0.500. The molecule has 23 heavy (non-hydrogen) atoms. The Kier molecular flexibility index (Phi) is 6.80. The highest BCUT2D eigenvalue weighted by molar-refractivity contribution is 9.10. The molecule has 0 saturated carbocycles. The SMILES string of the molecule is CCCOc1ccc(Br)cc1C(=O)NC(=S)N1CCN(C)CC1. The summed E-state index contributed by atoms with van der Waals surface area (Å²) >= 11 is 8.77. The van der Waals surface area contributed by atoms with Crippen LogP contribution in [0, 0.1) is 0 Å². The first-order valence-corrected chi connectivity index (χ1v) is 8.92. The summed E-state index contributed by atoms with van der Waals surface area (Å²) in [6, 6.07) is 5.42. The molecule has 1 amide bonds. The molecule has 0 radical (unpaired) electrons. The highest BCUT2D eigenvalue weighted by Crippen LogP contribution is 2.23. The zero-order valence-electron chi connectivity index (χ0n) is 13.5. The molecule has 0 bridgehead atoms. The van der Waals surface area contributed by atoms with E-state index in [1.165, 1.54) is 0 Å². The molecule has 1 saturated heterocycles. The first-order chi connectivity index (χ1) is 11.0. The number of nitrogens with zero attached hydrogens (tertiary/aromatic N) is 2. The Balaban J connectivity index is 2.04. The molecule has 0 spiro atoms. The summed E-state index contributed by atoms with van der Waals surface area (Å²) in [5, 5.41) is 3.30.